The molecule has 0 aromatic heterocycles. The van der Waals surface area contributed by atoms with Crippen LogP contribution in [0.1, 0.15) is 50.8 Å². The fourth-order valence-electron chi connectivity index (χ4n) is 3.01. The first-order valence-electron chi connectivity index (χ1n) is 6.85. The second kappa shape index (κ2) is 5.16. The Kier molecular flexibility index (Phi) is 3.78. The lowest BCUT2D eigenvalue weighted by Gasteiger charge is -2.32. The molecule has 1 nitrogen and oxygen atoms in total. The molecule has 0 bridgehead atoms. The molecule has 0 radical (unpaired) electrons. The van der Waals surface area contributed by atoms with Crippen molar-refractivity contribution in [2.75, 3.05) is 0 Å². The van der Waals surface area contributed by atoms with Crippen molar-refractivity contribution in [1.29, 1.82) is 0 Å². The van der Waals surface area contributed by atoms with E-state index in [1.165, 1.54) is 11.1 Å². The summed E-state index contributed by atoms with van der Waals surface area (Å²) in [5.41, 5.74) is 3.21. The van der Waals surface area contributed by atoms with Gasteiger partial charge >= 0.3 is 0 Å². The van der Waals surface area contributed by atoms with Crippen LogP contribution in [0.4, 0.5) is 0 Å². The van der Waals surface area contributed by atoms with Crippen molar-refractivity contribution in [3.8, 4) is 12.3 Å². The molecule has 0 fully saturated rings. The van der Waals surface area contributed by atoms with Gasteiger partial charge in [-0.25, -0.2) is 0 Å². The molecule has 0 heterocycles. The minimum Gasteiger partial charge on any atom is -0.306 e. The van der Waals surface area contributed by atoms with Crippen LogP contribution in [0, 0.1) is 17.8 Å². The Hall–Kier alpha value is -1.26. The summed E-state index contributed by atoms with van der Waals surface area (Å²) in [4.78, 5) is 0. The van der Waals surface area contributed by atoms with Gasteiger partial charge in [-0.3, -0.25) is 0 Å². The Morgan fingerprint density at radius 1 is 1.44 bits per heavy atom. The van der Waals surface area contributed by atoms with Gasteiger partial charge in [0.2, 0.25) is 0 Å². The molecule has 2 rings (SSSR count). The average Bonchev–Trinajstić information content (AvgIpc) is 2.59. The van der Waals surface area contributed by atoms with E-state index in [0.29, 0.717) is 12.1 Å². The Morgan fingerprint density at radius 2 is 2.17 bits per heavy atom. The monoisotopic (exact) mass is 241 g/mol. The SMILES string of the molecule is C#CCC(CC)NC1c2ccccc2CC1(C)C. The van der Waals surface area contributed by atoms with Crippen molar-refractivity contribution < 1.29 is 0 Å². The predicted octanol–water partition coefficient (Wildman–Crippen LogP) is 3.70. The van der Waals surface area contributed by atoms with Gasteiger partial charge in [0, 0.05) is 18.5 Å². The first-order chi connectivity index (χ1) is 8.58. The summed E-state index contributed by atoms with van der Waals surface area (Å²) in [6.07, 6.45) is 8.49. The summed E-state index contributed by atoms with van der Waals surface area (Å²) >= 11 is 0. The predicted molar refractivity (Wildman–Crippen MR) is 77.3 cm³/mol. The Morgan fingerprint density at radius 3 is 2.83 bits per heavy atom. The van der Waals surface area contributed by atoms with Gasteiger partial charge in [0.15, 0.2) is 0 Å². The molecule has 0 spiro atoms. The van der Waals surface area contributed by atoms with E-state index in [1.807, 2.05) is 0 Å². The van der Waals surface area contributed by atoms with E-state index in [-0.39, 0.29) is 5.41 Å². The largest absolute Gasteiger partial charge is 0.306 e. The molecule has 1 aromatic rings. The second-order valence-electron chi connectivity index (χ2n) is 5.98. The zero-order valence-electron chi connectivity index (χ0n) is 11.7. The minimum atomic E-state index is 0.270. The van der Waals surface area contributed by atoms with Crippen molar-refractivity contribution in [2.45, 2.75) is 52.1 Å². The molecule has 0 aliphatic heterocycles. The smallest absolute Gasteiger partial charge is 0.0380 e. The summed E-state index contributed by atoms with van der Waals surface area (Å²) in [6, 6.07) is 9.62. The van der Waals surface area contributed by atoms with Gasteiger partial charge < -0.3 is 5.32 Å². The topological polar surface area (TPSA) is 12.0 Å². The van der Waals surface area contributed by atoms with Crippen molar-refractivity contribution in [1.82, 2.24) is 5.32 Å². The van der Waals surface area contributed by atoms with Gasteiger partial charge in [0.25, 0.3) is 0 Å². The second-order valence-corrected chi connectivity index (χ2v) is 5.98. The molecule has 18 heavy (non-hydrogen) atoms. The first-order valence-corrected chi connectivity index (χ1v) is 6.85. The van der Waals surface area contributed by atoms with Crippen LogP contribution in [0.3, 0.4) is 0 Å². The lowest BCUT2D eigenvalue weighted by Crippen LogP contribution is -2.38. The number of hydrogen-bond acceptors (Lipinski definition) is 1. The van der Waals surface area contributed by atoms with Crippen LogP contribution < -0.4 is 5.32 Å². The van der Waals surface area contributed by atoms with Crippen LogP contribution in [-0.4, -0.2) is 6.04 Å². The maximum Gasteiger partial charge on any atom is 0.0380 e. The van der Waals surface area contributed by atoms with Crippen LogP contribution in [-0.2, 0) is 6.42 Å². The molecule has 1 aliphatic carbocycles. The highest BCUT2D eigenvalue weighted by molar-refractivity contribution is 5.37. The summed E-state index contributed by atoms with van der Waals surface area (Å²) < 4.78 is 0. The lowest BCUT2D eigenvalue weighted by molar-refractivity contribution is 0.245. The standard InChI is InChI=1S/C17H23N/c1-5-9-14(6-2)18-16-15-11-8-7-10-13(15)12-17(16,3)4/h1,7-8,10-11,14,16,18H,6,9,12H2,2-4H3. The molecule has 96 valence electrons. The number of benzene rings is 1. The summed E-state index contributed by atoms with van der Waals surface area (Å²) in [6.45, 7) is 6.88. The lowest BCUT2D eigenvalue weighted by atomic mass is 9.84. The van der Waals surface area contributed by atoms with Crippen molar-refractivity contribution in [3.05, 3.63) is 35.4 Å². The molecule has 1 N–H and O–H groups in total. The number of nitrogens with one attached hydrogen (secondary N) is 1. The quantitative estimate of drug-likeness (QED) is 0.793. The molecule has 0 saturated carbocycles. The third-order valence-corrected chi connectivity index (χ3v) is 4.05. The summed E-state index contributed by atoms with van der Waals surface area (Å²) in [5.74, 6) is 2.78. The molecular formula is C17H23N. The van der Waals surface area contributed by atoms with E-state index in [2.05, 4.69) is 56.3 Å². The zero-order valence-corrected chi connectivity index (χ0v) is 11.7. The van der Waals surface area contributed by atoms with Gasteiger partial charge in [-0.05, 0) is 29.4 Å². The average molecular weight is 241 g/mol. The molecule has 1 heteroatoms. The van der Waals surface area contributed by atoms with E-state index >= 15 is 0 Å². The van der Waals surface area contributed by atoms with Crippen LogP contribution in [0.5, 0.6) is 0 Å². The van der Waals surface area contributed by atoms with Gasteiger partial charge in [0.05, 0.1) is 0 Å². The van der Waals surface area contributed by atoms with Gasteiger partial charge in [-0.15, -0.1) is 12.3 Å². The molecule has 1 aliphatic rings. The molecule has 2 unspecified atom stereocenters. The minimum absolute atomic E-state index is 0.270. The Labute approximate surface area is 111 Å². The summed E-state index contributed by atoms with van der Waals surface area (Å²) in [7, 11) is 0. The number of terminal acetylenes is 1. The van der Waals surface area contributed by atoms with E-state index in [1.54, 1.807) is 0 Å². The van der Waals surface area contributed by atoms with Crippen molar-refractivity contribution in [2.24, 2.45) is 5.41 Å². The highest BCUT2D eigenvalue weighted by Gasteiger charge is 2.39. The number of hydrogen-bond donors (Lipinski definition) is 1. The molecule has 1 aromatic carbocycles. The van der Waals surface area contributed by atoms with Crippen molar-refractivity contribution >= 4 is 0 Å². The molecule has 0 saturated heterocycles. The molecular weight excluding hydrogens is 218 g/mol. The fourth-order valence-corrected chi connectivity index (χ4v) is 3.01. The summed E-state index contributed by atoms with van der Waals surface area (Å²) in [5, 5.41) is 3.77. The third kappa shape index (κ3) is 2.44. The molecule has 2 atom stereocenters. The Bertz CT molecular complexity index is 453. The number of rotatable bonds is 4. The normalized spacial score (nSPS) is 22.2. The molecule has 0 amide bonds. The maximum atomic E-state index is 5.45. The third-order valence-electron chi connectivity index (χ3n) is 4.05. The van der Waals surface area contributed by atoms with Gasteiger partial charge in [0.1, 0.15) is 0 Å². The van der Waals surface area contributed by atoms with E-state index in [4.69, 9.17) is 6.42 Å². The van der Waals surface area contributed by atoms with E-state index in [9.17, 15) is 0 Å². The number of fused-ring (bicyclic) bond motifs is 1. The van der Waals surface area contributed by atoms with E-state index < -0.39 is 0 Å². The zero-order chi connectivity index (χ0) is 13.2. The van der Waals surface area contributed by atoms with Gasteiger partial charge in [-0.2, -0.15) is 0 Å². The van der Waals surface area contributed by atoms with Crippen LogP contribution >= 0.6 is 0 Å². The Balaban J connectivity index is 2.23. The maximum absolute atomic E-state index is 5.45. The van der Waals surface area contributed by atoms with E-state index in [0.717, 1.165) is 19.3 Å². The van der Waals surface area contributed by atoms with Crippen LogP contribution in [0.2, 0.25) is 0 Å². The first kappa shape index (κ1) is 13.2. The van der Waals surface area contributed by atoms with Gasteiger partial charge in [-0.1, -0.05) is 45.0 Å². The van der Waals surface area contributed by atoms with Crippen LogP contribution in [0.25, 0.3) is 0 Å². The highest BCUT2D eigenvalue weighted by Crippen LogP contribution is 2.45. The fraction of sp³-hybridized carbons (Fsp3) is 0.529. The highest BCUT2D eigenvalue weighted by atomic mass is 15.0. The van der Waals surface area contributed by atoms with Crippen LogP contribution in [0.15, 0.2) is 24.3 Å². The van der Waals surface area contributed by atoms with Crippen molar-refractivity contribution in [3.63, 3.8) is 0 Å².